The summed E-state index contributed by atoms with van der Waals surface area (Å²) in [7, 11) is 0. The summed E-state index contributed by atoms with van der Waals surface area (Å²) in [6, 6.07) is 6.77. The van der Waals surface area contributed by atoms with Crippen LogP contribution in [0.3, 0.4) is 0 Å². The molecular formula is C24H24F4N4O3. The Morgan fingerprint density at radius 2 is 1.80 bits per heavy atom. The van der Waals surface area contributed by atoms with Crippen molar-refractivity contribution in [2.75, 3.05) is 5.73 Å². The van der Waals surface area contributed by atoms with E-state index in [0.717, 1.165) is 30.8 Å². The minimum atomic E-state index is -5.17. The third kappa shape index (κ3) is 3.70. The van der Waals surface area contributed by atoms with Gasteiger partial charge < -0.3 is 21.3 Å². The number of phenolic OH excluding ortho intramolecular Hbond substituents is 1. The molecule has 35 heavy (non-hydrogen) atoms. The number of aromatic hydroxyl groups is 1. The maximum Gasteiger partial charge on any atom is 0.419 e. The van der Waals surface area contributed by atoms with Gasteiger partial charge in [-0.25, -0.2) is 9.07 Å². The number of nitrogen functional groups attached to an aromatic ring is 1. The van der Waals surface area contributed by atoms with Crippen molar-refractivity contribution >= 4 is 11.7 Å². The number of carbonyl (C=O) groups excluding carboxylic acids is 1. The normalized spacial score (nSPS) is 24.2. The first-order chi connectivity index (χ1) is 16.3. The number of nitrogens with zero attached hydrogens (tertiary/aromatic N) is 2. The maximum atomic E-state index is 14.3. The average Bonchev–Trinajstić information content (AvgIpc) is 3.18. The average molecular weight is 492 g/mol. The lowest BCUT2D eigenvalue weighted by molar-refractivity contribution is -0.293. The Balaban J connectivity index is 1.79. The molecule has 11 heteroatoms. The van der Waals surface area contributed by atoms with Gasteiger partial charge in [0, 0.05) is 11.5 Å². The number of benzene rings is 2. The van der Waals surface area contributed by atoms with Crippen molar-refractivity contribution in [1.29, 1.82) is 0 Å². The van der Waals surface area contributed by atoms with E-state index < -0.39 is 47.1 Å². The van der Waals surface area contributed by atoms with Gasteiger partial charge in [0.25, 0.3) is 5.91 Å². The molecule has 4 rings (SSSR count). The summed E-state index contributed by atoms with van der Waals surface area (Å²) in [5, 5.41) is 27.6. The van der Waals surface area contributed by atoms with Gasteiger partial charge in [-0.3, -0.25) is 4.79 Å². The van der Waals surface area contributed by atoms with Crippen LogP contribution in [-0.4, -0.2) is 37.7 Å². The Labute approximate surface area is 198 Å². The summed E-state index contributed by atoms with van der Waals surface area (Å²) in [4.78, 5) is 13.1. The topological polar surface area (TPSA) is 113 Å². The van der Waals surface area contributed by atoms with Crippen LogP contribution in [0.2, 0.25) is 0 Å². The van der Waals surface area contributed by atoms with Crippen LogP contribution < -0.4 is 11.1 Å². The highest BCUT2D eigenvalue weighted by molar-refractivity contribution is 5.98. The van der Waals surface area contributed by atoms with Crippen LogP contribution in [0, 0.1) is 18.7 Å². The first-order valence-electron chi connectivity index (χ1n) is 10.8. The Hall–Kier alpha value is -3.60. The van der Waals surface area contributed by atoms with Gasteiger partial charge in [-0.15, -0.1) is 0 Å². The second kappa shape index (κ2) is 8.26. The molecule has 0 bridgehead atoms. The number of halogens is 4. The number of fused-ring (bicyclic) bond motifs is 1. The van der Waals surface area contributed by atoms with Crippen LogP contribution in [-0.2, 0) is 0 Å². The number of rotatable bonds is 3. The molecule has 0 fully saturated rings. The number of nitrogens with two attached hydrogens (primary N) is 1. The van der Waals surface area contributed by atoms with Crippen molar-refractivity contribution in [3.63, 3.8) is 0 Å². The lowest BCUT2D eigenvalue weighted by Gasteiger charge is -2.49. The third-order valence-corrected chi connectivity index (χ3v) is 6.91. The largest absolute Gasteiger partial charge is 0.505 e. The van der Waals surface area contributed by atoms with Gasteiger partial charge in [0.05, 0.1) is 17.9 Å². The zero-order valence-corrected chi connectivity index (χ0v) is 19.1. The number of nitrogens with one attached hydrogen (secondary N) is 1. The van der Waals surface area contributed by atoms with E-state index in [2.05, 4.69) is 10.4 Å². The number of amides is 1. The molecule has 1 heterocycles. The molecule has 0 spiro atoms. The molecule has 186 valence electrons. The van der Waals surface area contributed by atoms with Crippen molar-refractivity contribution in [3.05, 3.63) is 70.7 Å². The van der Waals surface area contributed by atoms with E-state index >= 15 is 0 Å². The SMILES string of the molecule is Cc1ccc(-n2ncc(C(=O)NC3c4ccc(F)c(O)c4C(C)C(C)C3(O)C(F)(F)F)c2N)cc1. The zero-order chi connectivity index (χ0) is 25.9. The fourth-order valence-corrected chi connectivity index (χ4v) is 4.70. The van der Waals surface area contributed by atoms with E-state index in [1.807, 2.05) is 6.92 Å². The zero-order valence-electron chi connectivity index (χ0n) is 19.1. The van der Waals surface area contributed by atoms with Crippen LogP contribution in [0.4, 0.5) is 23.4 Å². The summed E-state index contributed by atoms with van der Waals surface area (Å²) in [5.74, 6) is -5.60. The monoisotopic (exact) mass is 492 g/mol. The van der Waals surface area contributed by atoms with Gasteiger partial charge >= 0.3 is 6.18 Å². The highest BCUT2D eigenvalue weighted by Crippen LogP contribution is 2.56. The minimum Gasteiger partial charge on any atom is -0.505 e. The fourth-order valence-electron chi connectivity index (χ4n) is 4.70. The Bertz CT molecular complexity index is 1290. The Morgan fingerprint density at radius 1 is 1.17 bits per heavy atom. The maximum absolute atomic E-state index is 14.3. The van der Waals surface area contributed by atoms with Crippen molar-refractivity contribution < 1.29 is 32.6 Å². The molecule has 4 atom stereocenters. The number of alkyl halides is 3. The van der Waals surface area contributed by atoms with Gasteiger partial charge in [0.1, 0.15) is 11.4 Å². The molecule has 5 N–H and O–H groups in total. The number of hydrogen-bond donors (Lipinski definition) is 4. The molecule has 1 amide bonds. The van der Waals surface area contributed by atoms with Crippen LogP contribution >= 0.6 is 0 Å². The smallest absolute Gasteiger partial charge is 0.419 e. The predicted molar refractivity (Wildman–Crippen MR) is 120 cm³/mol. The first kappa shape index (κ1) is 24.5. The summed E-state index contributed by atoms with van der Waals surface area (Å²) >= 11 is 0. The van der Waals surface area contributed by atoms with E-state index in [1.165, 1.54) is 11.6 Å². The van der Waals surface area contributed by atoms with Crippen LogP contribution in [0.1, 0.15) is 52.9 Å². The number of carbonyl (C=O) groups is 1. The molecule has 1 aliphatic rings. The first-order valence-corrected chi connectivity index (χ1v) is 10.8. The number of aromatic nitrogens is 2. The van der Waals surface area contributed by atoms with Gasteiger partial charge in [-0.1, -0.05) is 37.6 Å². The van der Waals surface area contributed by atoms with Crippen LogP contribution in [0.25, 0.3) is 5.69 Å². The van der Waals surface area contributed by atoms with Crippen LogP contribution in [0.15, 0.2) is 42.6 Å². The van der Waals surface area contributed by atoms with E-state index in [-0.39, 0.29) is 22.5 Å². The summed E-state index contributed by atoms with van der Waals surface area (Å²) in [6.07, 6.45) is -4.06. The standard InChI is InChI=1S/C24H24F4N4O3/c1-11-4-6-14(7-5-11)32-21(29)16(10-30-32)22(34)31-20-15-8-9-17(25)19(33)18(15)12(2)13(3)23(20,35)24(26,27)28/h4-10,12-13,20,33,35H,29H2,1-3H3,(H,31,34). The lowest BCUT2D eigenvalue weighted by Crippen LogP contribution is -2.62. The molecule has 4 unspecified atom stereocenters. The fraction of sp³-hybridized carbons (Fsp3) is 0.333. The second-order valence-corrected chi connectivity index (χ2v) is 8.90. The van der Waals surface area contributed by atoms with E-state index in [4.69, 9.17) is 5.73 Å². The second-order valence-electron chi connectivity index (χ2n) is 8.90. The summed E-state index contributed by atoms with van der Waals surface area (Å²) < 4.78 is 58.2. The Kier molecular flexibility index (Phi) is 5.79. The number of aryl methyl sites for hydroxylation is 1. The lowest BCUT2D eigenvalue weighted by atomic mass is 9.64. The molecule has 7 nitrogen and oxygen atoms in total. The van der Waals surface area contributed by atoms with Crippen molar-refractivity contribution in [2.45, 2.75) is 44.5 Å². The predicted octanol–water partition coefficient (Wildman–Crippen LogP) is 4.13. The molecule has 0 saturated carbocycles. The highest BCUT2D eigenvalue weighted by Gasteiger charge is 2.66. The van der Waals surface area contributed by atoms with Gasteiger partial charge in [-0.2, -0.15) is 18.3 Å². The third-order valence-electron chi connectivity index (χ3n) is 6.91. The van der Waals surface area contributed by atoms with Gasteiger partial charge in [0.15, 0.2) is 17.2 Å². The van der Waals surface area contributed by atoms with Crippen LogP contribution in [0.5, 0.6) is 5.75 Å². The number of phenols is 1. The molecule has 0 saturated heterocycles. The van der Waals surface area contributed by atoms with Crippen molar-refractivity contribution in [3.8, 4) is 11.4 Å². The quantitative estimate of drug-likeness (QED) is 0.411. The van der Waals surface area contributed by atoms with E-state index in [0.29, 0.717) is 5.69 Å². The van der Waals surface area contributed by atoms with E-state index in [9.17, 15) is 32.6 Å². The van der Waals surface area contributed by atoms with Gasteiger partial charge in [-0.05, 0) is 36.6 Å². The van der Waals surface area contributed by atoms with Crippen molar-refractivity contribution in [1.82, 2.24) is 15.1 Å². The number of aliphatic hydroxyl groups is 1. The molecular weight excluding hydrogens is 468 g/mol. The van der Waals surface area contributed by atoms with Gasteiger partial charge in [0.2, 0.25) is 0 Å². The van der Waals surface area contributed by atoms with E-state index in [1.54, 1.807) is 24.3 Å². The molecule has 0 aliphatic heterocycles. The summed E-state index contributed by atoms with van der Waals surface area (Å²) in [5.41, 5.74) is 3.61. The summed E-state index contributed by atoms with van der Waals surface area (Å²) in [6.45, 7) is 4.36. The molecule has 0 radical (unpaired) electrons. The molecule has 1 aromatic heterocycles. The minimum absolute atomic E-state index is 0.111. The number of hydrogen-bond acceptors (Lipinski definition) is 5. The number of anilines is 1. The molecule has 2 aromatic carbocycles. The molecule has 1 aliphatic carbocycles. The highest BCUT2D eigenvalue weighted by atomic mass is 19.4. The molecule has 3 aromatic rings. The van der Waals surface area contributed by atoms with Crippen molar-refractivity contribution in [2.24, 2.45) is 5.92 Å². The Morgan fingerprint density at radius 3 is 2.40 bits per heavy atom.